The van der Waals surface area contributed by atoms with Crippen LogP contribution in [0.5, 0.6) is 11.5 Å². The Balaban J connectivity index is 2.00. The fraction of sp³-hybridized carbons (Fsp3) is 0.176. The van der Waals surface area contributed by atoms with Crippen LogP contribution in [0.4, 0.5) is 5.69 Å². The Morgan fingerprint density at radius 3 is 2.75 bits per heavy atom. The van der Waals surface area contributed by atoms with Gasteiger partial charge in [0.15, 0.2) is 5.75 Å². The van der Waals surface area contributed by atoms with Gasteiger partial charge in [-0.2, -0.15) is 0 Å². The molecule has 1 heterocycles. The highest BCUT2D eigenvalue weighted by Crippen LogP contribution is 2.41. The fourth-order valence-electron chi connectivity index (χ4n) is 2.43. The van der Waals surface area contributed by atoms with E-state index in [9.17, 15) is 9.59 Å². The van der Waals surface area contributed by atoms with Gasteiger partial charge < -0.3 is 20.5 Å². The highest BCUT2D eigenvalue weighted by atomic mass is 35.5. The number of para-hydroxylation sites is 1. The van der Waals surface area contributed by atoms with Crippen LogP contribution in [0.1, 0.15) is 18.5 Å². The van der Waals surface area contributed by atoms with Crippen LogP contribution >= 0.6 is 11.6 Å². The van der Waals surface area contributed by atoms with Gasteiger partial charge in [-0.05, 0) is 31.2 Å². The number of carboxylic acids is 1. The number of aliphatic carboxylic acids is 1. The SMILES string of the molecule is C[C@H](NC(=O)C1Nc2cc(Cl)ccc2Oc2ccccc21)C(=O)O. The molecule has 1 amide bonds. The fourth-order valence-corrected chi connectivity index (χ4v) is 2.61. The van der Waals surface area contributed by atoms with E-state index >= 15 is 0 Å². The van der Waals surface area contributed by atoms with Crippen LogP contribution < -0.4 is 15.4 Å². The number of carbonyl (C=O) groups excluding carboxylic acids is 1. The lowest BCUT2D eigenvalue weighted by Crippen LogP contribution is -2.42. The Hall–Kier alpha value is -2.73. The number of carbonyl (C=O) groups is 2. The van der Waals surface area contributed by atoms with Gasteiger partial charge in [0.2, 0.25) is 5.91 Å². The van der Waals surface area contributed by atoms with Gasteiger partial charge in [-0.3, -0.25) is 9.59 Å². The molecule has 0 spiro atoms. The second-order valence-electron chi connectivity index (χ2n) is 5.43. The number of anilines is 1. The van der Waals surface area contributed by atoms with Crippen LogP contribution in [0.2, 0.25) is 5.02 Å². The first-order valence-corrected chi connectivity index (χ1v) is 7.69. The van der Waals surface area contributed by atoms with E-state index in [1.54, 1.807) is 42.5 Å². The number of nitrogens with one attached hydrogen (secondary N) is 2. The lowest BCUT2D eigenvalue weighted by atomic mass is 10.0. The summed E-state index contributed by atoms with van der Waals surface area (Å²) in [5.74, 6) is -0.513. The zero-order chi connectivity index (χ0) is 17.3. The number of hydrogen-bond acceptors (Lipinski definition) is 4. The number of benzene rings is 2. The molecule has 2 aromatic rings. The summed E-state index contributed by atoms with van der Waals surface area (Å²) < 4.78 is 5.87. The minimum Gasteiger partial charge on any atom is -0.480 e. The number of hydrogen-bond donors (Lipinski definition) is 3. The largest absolute Gasteiger partial charge is 0.480 e. The third kappa shape index (κ3) is 3.14. The van der Waals surface area contributed by atoms with Crippen molar-refractivity contribution in [2.75, 3.05) is 5.32 Å². The number of amides is 1. The van der Waals surface area contributed by atoms with Gasteiger partial charge in [0.25, 0.3) is 0 Å². The van der Waals surface area contributed by atoms with E-state index in [0.29, 0.717) is 27.8 Å². The highest BCUT2D eigenvalue weighted by Gasteiger charge is 2.30. The van der Waals surface area contributed by atoms with E-state index < -0.39 is 24.0 Å². The molecule has 1 aliphatic heterocycles. The second kappa shape index (κ2) is 6.41. The van der Waals surface area contributed by atoms with Crippen LogP contribution in [0.25, 0.3) is 0 Å². The normalized spacial score (nSPS) is 16.5. The van der Waals surface area contributed by atoms with Crippen molar-refractivity contribution in [3.63, 3.8) is 0 Å². The molecule has 0 aliphatic carbocycles. The summed E-state index contributed by atoms with van der Waals surface area (Å²) in [6, 6.07) is 10.3. The van der Waals surface area contributed by atoms with Crippen molar-refractivity contribution >= 4 is 29.2 Å². The van der Waals surface area contributed by atoms with Crippen molar-refractivity contribution in [2.45, 2.75) is 19.0 Å². The molecule has 3 rings (SSSR count). The molecule has 0 aromatic heterocycles. The van der Waals surface area contributed by atoms with Crippen molar-refractivity contribution < 1.29 is 19.4 Å². The van der Waals surface area contributed by atoms with Crippen LogP contribution in [0, 0.1) is 0 Å². The lowest BCUT2D eigenvalue weighted by Gasteiger charge is -2.20. The summed E-state index contributed by atoms with van der Waals surface area (Å²) in [5.41, 5.74) is 1.17. The maximum absolute atomic E-state index is 12.6. The monoisotopic (exact) mass is 346 g/mol. The number of rotatable bonds is 3. The minimum absolute atomic E-state index is 0.464. The van der Waals surface area contributed by atoms with E-state index in [-0.39, 0.29) is 0 Å². The smallest absolute Gasteiger partial charge is 0.325 e. The van der Waals surface area contributed by atoms with Gasteiger partial charge in [-0.1, -0.05) is 29.8 Å². The molecule has 6 nitrogen and oxygen atoms in total. The Morgan fingerprint density at radius 1 is 1.25 bits per heavy atom. The van der Waals surface area contributed by atoms with Crippen molar-refractivity contribution in [3.05, 3.63) is 53.1 Å². The average Bonchev–Trinajstić information content (AvgIpc) is 2.71. The molecular weight excluding hydrogens is 332 g/mol. The molecule has 2 aromatic carbocycles. The first-order valence-electron chi connectivity index (χ1n) is 7.32. The van der Waals surface area contributed by atoms with Gasteiger partial charge in [0.1, 0.15) is 17.8 Å². The maximum atomic E-state index is 12.6. The van der Waals surface area contributed by atoms with Gasteiger partial charge in [0.05, 0.1) is 5.69 Å². The number of halogens is 1. The van der Waals surface area contributed by atoms with Crippen molar-refractivity contribution in [1.29, 1.82) is 0 Å². The van der Waals surface area contributed by atoms with Crippen LogP contribution in [-0.2, 0) is 9.59 Å². The van der Waals surface area contributed by atoms with E-state index in [2.05, 4.69) is 10.6 Å². The summed E-state index contributed by atoms with van der Waals surface area (Å²) in [5, 5.41) is 15.1. The first kappa shape index (κ1) is 16.1. The summed E-state index contributed by atoms with van der Waals surface area (Å²) in [4.78, 5) is 23.6. The van der Waals surface area contributed by atoms with Crippen molar-refractivity contribution in [2.24, 2.45) is 0 Å². The molecular formula is C17H15ClN2O4. The maximum Gasteiger partial charge on any atom is 0.325 e. The zero-order valence-electron chi connectivity index (χ0n) is 12.7. The van der Waals surface area contributed by atoms with Crippen LogP contribution in [0.15, 0.2) is 42.5 Å². The Bertz CT molecular complexity index is 809. The summed E-state index contributed by atoms with van der Waals surface area (Å²) in [7, 11) is 0. The Labute approximate surface area is 143 Å². The number of carboxylic acid groups (broad SMARTS) is 1. The van der Waals surface area contributed by atoms with Crippen LogP contribution in [-0.4, -0.2) is 23.0 Å². The highest BCUT2D eigenvalue weighted by molar-refractivity contribution is 6.31. The molecule has 0 saturated heterocycles. The molecule has 7 heteroatoms. The predicted molar refractivity (Wildman–Crippen MR) is 89.6 cm³/mol. The van der Waals surface area contributed by atoms with E-state index in [4.69, 9.17) is 21.4 Å². The third-order valence-electron chi connectivity index (χ3n) is 3.68. The minimum atomic E-state index is -1.11. The third-order valence-corrected chi connectivity index (χ3v) is 3.92. The standard InChI is InChI=1S/C17H15ClN2O4/c1-9(17(22)23)19-16(21)15-11-4-2-3-5-13(11)24-14-7-6-10(18)8-12(14)20-15/h2-9,15,20H,1H3,(H,19,21)(H,22,23)/t9-,15?/m0/s1. The number of fused-ring (bicyclic) bond motifs is 2. The molecule has 24 heavy (non-hydrogen) atoms. The van der Waals surface area contributed by atoms with Gasteiger partial charge in [-0.15, -0.1) is 0 Å². The summed E-state index contributed by atoms with van der Waals surface area (Å²) in [6.45, 7) is 1.41. The van der Waals surface area contributed by atoms with Gasteiger partial charge in [0, 0.05) is 10.6 Å². The molecule has 0 radical (unpaired) electrons. The first-order chi connectivity index (χ1) is 11.5. The number of ether oxygens (including phenoxy) is 1. The molecule has 2 atom stereocenters. The summed E-state index contributed by atoms with van der Waals surface area (Å²) >= 11 is 6.02. The van der Waals surface area contributed by atoms with Crippen LogP contribution in [0.3, 0.4) is 0 Å². The zero-order valence-corrected chi connectivity index (χ0v) is 13.5. The molecule has 124 valence electrons. The quantitative estimate of drug-likeness (QED) is 0.794. The van der Waals surface area contributed by atoms with Crippen molar-refractivity contribution in [3.8, 4) is 11.5 Å². The topological polar surface area (TPSA) is 87.7 Å². The molecule has 0 bridgehead atoms. The van der Waals surface area contributed by atoms with Crippen molar-refractivity contribution in [1.82, 2.24) is 5.32 Å². The Morgan fingerprint density at radius 2 is 2.00 bits per heavy atom. The van der Waals surface area contributed by atoms with E-state index in [1.165, 1.54) is 6.92 Å². The van der Waals surface area contributed by atoms with Gasteiger partial charge in [-0.25, -0.2) is 0 Å². The molecule has 3 N–H and O–H groups in total. The lowest BCUT2D eigenvalue weighted by molar-refractivity contribution is -0.141. The molecule has 1 unspecified atom stereocenters. The molecule has 0 saturated carbocycles. The average molecular weight is 347 g/mol. The molecule has 1 aliphatic rings. The molecule has 0 fully saturated rings. The second-order valence-corrected chi connectivity index (χ2v) is 5.86. The van der Waals surface area contributed by atoms with E-state index in [0.717, 1.165) is 0 Å². The summed E-state index contributed by atoms with van der Waals surface area (Å²) in [6.07, 6.45) is 0. The van der Waals surface area contributed by atoms with Gasteiger partial charge >= 0.3 is 5.97 Å². The van der Waals surface area contributed by atoms with E-state index in [1.807, 2.05) is 0 Å². The predicted octanol–water partition coefficient (Wildman–Crippen LogP) is 3.19. The Kier molecular flexibility index (Phi) is 4.31.